The van der Waals surface area contributed by atoms with E-state index in [0.717, 1.165) is 53.0 Å². The van der Waals surface area contributed by atoms with Crippen LogP contribution in [0.4, 0.5) is 0 Å². The minimum absolute atomic E-state index is 0. The molecule has 17 heteroatoms. The van der Waals surface area contributed by atoms with Gasteiger partial charge in [-0.25, -0.2) is 0 Å². The molecule has 301 valence electrons. The van der Waals surface area contributed by atoms with Gasteiger partial charge in [0.25, 0.3) is 6.47 Å². The van der Waals surface area contributed by atoms with Crippen molar-refractivity contribution in [2.45, 2.75) is 67.2 Å². The van der Waals surface area contributed by atoms with E-state index >= 15 is 0 Å². The van der Waals surface area contributed by atoms with Crippen molar-refractivity contribution in [3.8, 4) is 23.0 Å². The van der Waals surface area contributed by atoms with E-state index in [0.29, 0.717) is 11.2 Å². The molecule has 4 rings (SSSR count). The van der Waals surface area contributed by atoms with Gasteiger partial charge in [-0.1, -0.05) is 110 Å². The SMILES string of the molecule is CC.CCc1cc(OC)ccc1B(O)O.CCc1cc(OC)ccc1Br.CCc1cccc(O)c1.CCc1cccc(OC)c1.CI.O=CO[O-].[B]=NS.[H-].[K+].[K+]. The van der Waals surface area contributed by atoms with Gasteiger partial charge in [0.2, 0.25) is 0 Å². The van der Waals surface area contributed by atoms with E-state index in [1.807, 2.05) is 74.2 Å². The Labute approximate surface area is 452 Å². The van der Waals surface area contributed by atoms with Gasteiger partial charge in [-0.2, -0.15) is 0 Å². The van der Waals surface area contributed by atoms with Crippen molar-refractivity contribution < 1.29 is 149 Å². The number of aromatic hydroxyl groups is 1. The molecule has 0 atom stereocenters. The molecule has 0 aliphatic heterocycles. The number of carbonyl (C=O) groups excluding carboxylic acids is 1. The summed E-state index contributed by atoms with van der Waals surface area (Å²) < 4.78 is 19.0. The summed E-state index contributed by atoms with van der Waals surface area (Å²) in [5.41, 5.74) is 5.22. The zero-order valence-electron chi connectivity index (χ0n) is 36.1. The fourth-order valence-electron chi connectivity index (χ4n) is 3.88. The Morgan fingerprint density at radius 1 is 0.768 bits per heavy atom. The van der Waals surface area contributed by atoms with E-state index in [9.17, 15) is 0 Å². The van der Waals surface area contributed by atoms with E-state index in [2.05, 4.69) is 101 Å². The molecule has 10 nitrogen and oxygen atoms in total. The summed E-state index contributed by atoms with van der Waals surface area (Å²) in [6.45, 7) is 12.1. The number of ether oxygens (including phenoxy) is 3. The number of nitrogens with zero attached hydrogens (tertiary/aromatic N) is 1. The quantitative estimate of drug-likeness (QED) is 0.0376. The number of benzene rings is 4. The van der Waals surface area contributed by atoms with Gasteiger partial charge in [0.15, 0.2) is 0 Å². The van der Waals surface area contributed by atoms with Crippen LogP contribution in [0.25, 0.3) is 0 Å². The van der Waals surface area contributed by atoms with Crippen molar-refractivity contribution in [1.82, 2.24) is 0 Å². The first kappa shape index (κ1) is 67.9. The molecule has 0 fully saturated rings. The van der Waals surface area contributed by atoms with Crippen LogP contribution in [0, 0.1) is 0 Å². The van der Waals surface area contributed by atoms with Gasteiger partial charge in [-0.15, -0.1) is 0 Å². The molecule has 0 heterocycles. The molecule has 0 saturated heterocycles. The molecule has 0 spiro atoms. The van der Waals surface area contributed by atoms with E-state index in [4.69, 9.17) is 39.4 Å². The van der Waals surface area contributed by atoms with Crippen molar-refractivity contribution in [2.24, 2.45) is 4.30 Å². The first-order chi connectivity index (χ1) is 26.0. The third kappa shape index (κ3) is 36.1. The Hall–Kier alpha value is 0.193. The third-order valence-corrected chi connectivity index (χ3v) is 7.32. The minimum atomic E-state index is -1.40. The Kier molecular flexibility index (Phi) is 60.1. The summed E-state index contributed by atoms with van der Waals surface area (Å²) in [7, 11) is 7.89. The van der Waals surface area contributed by atoms with Gasteiger partial charge in [-0.3, -0.25) is 4.79 Å². The summed E-state index contributed by atoms with van der Waals surface area (Å²) >= 11 is 8.81. The summed E-state index contributed by atoms with van der Waals surface area (Å²) in [6, 6.07) is 26.6. The number of alkyl halides is 1. The van der Waals surface area contributed by atoms with Gasteiger partial charge in [0.05, 0.1) is 21.3 Å². The van der Waals surface area contributed by atoms with E-state index in [1.54, 1.807) is 45.6 Å². The molecular weight excluding hydrogens is 965 g/mol. The smallest absolute Gasteiger partial charge is 1.00 e. The van der Waals surface area contributed by atoms with Gasteiger partial charge < -0.3 is 40.9 Å². The Bertz CT molecular complexity index is 1490. The molecule has 0 aromatic heterocycles. The summed E-state index contributed by atoms with van der Waals surface area (Å²) in [5.74, 6) is 2.96. The number of carbonyl (C=O) groups is 1. The van der Waals surface area contributed by atoms with Crippen LogP contribution in [0.1, 0.15) is 65.2 Å². The zero-order chi connectivity index (χ0) is 42.3. The van der Waals surface area contributed by atoms with Crippen molar-refractivity contribution in [3.05, 3.63) is 112 Å². The third-order valence-electron chi connectivity index (χ3n) is 6.54. The van der Waals surface area contributed by atoms with Gasteiger partial charge in [0, 0.05) is 4.47 Å². The molecule has 4 aromatic rings. The Morgan fingerprint density at radius 2 is 1.16 bits per heavy atom. The molecule has 56 heavy (non-hydrogen) atoms. The molecule has 4 aromatic carbocycles. The number of aryl methyl sites for hydroxylation is 4. The number of phenolic OH excluding ortho intramolecular Hbond substituents is 1. The average Bonchev–Trinajstić information content (AvgIpc) is 3.23. The molecule has 0 saturated carbocycles. The maximum absolute atomic E-state index is 9.01. The first-order valence-electron chi connectivity index (χ1n) is 16.9. The fourth-order valence-corrected chi connectivity index (χ4v) is 4.41. The monoisotopic (exact) mass is 1020 g/mol. The van der Waals surface area contributed by atoms with Crippen LogP contribution in [0.15, 0.2) is 93.7 Å². The Morgan fingerprint density at radius 3 is 1.52 bits per heavy atom. The van der Waals surface area contributed by atoms with Crippen LogP contribution in [-0.2, 0) is 35.4 Å². The first-order valence-corrected chi connectivity index (χ1v) is 20.2. The number of halogens is 2. The molecule has 0 bridgehead atoms. The van der Waals surface area contributed by atoms with Gasteiger partial charge >= 0.3 is 135 Å². The standard InChI is InChI=1S/C9H13BO3.C9H11BrO.C9H12O.C8H10O.C2H6.CH3I.CH2O3.BHNS.2K.H/c1-3-7-6-8(13-2)4-5-9(7)10(11)12;1-3-7-6-8(11-2)4-5-9(7)10;1-3-8-5-4-6-9(7-8)10-2;1-2-7-4-3-5-8(9)6-7;2*1-2;2-1-4-3;1-2-3;;;/h4-6,11-12H,3H2,1-2H3;4-6H,3H2,1-2H3;4-7H,3H2,1-2H3;3-6,9H,2H2,1H3;1-2H3;1H3;1,3H;3H;;;/q;;;;;;;;2*+1;-1/p-1. The van der Waals surface area contributed by atoms with Crippen LogP contribution in [-0.4, -0.2) is 62.6 Å². The maximum atomic E-state index is 9.01. The van der Waals surface area contributed by atoms with Crippen LogP contribution < -0.4 is 128 Å². The van der Waals surface area contributed by atoms with Crippen LogP contribution in [0.2, 0.25) is 0 Å². The summed E-state index contributed by atoms with van der Waals surface area (Å²) in [5, 5.41) is 35.4. The predicted molar refractivity (Wildman–Crippen MR) is 239 cm³/mol. The van der Waals surface area contributed by atoms with E-state index in [1.165, 1.54) is 16.7 Å². The number of rotatable bonds is 9. The van der Waals surface area contributed by atoms with E-state index in [-0.39, 0.29) is 111 Å². The Balaban J connectivity index is -0.000000106. The van der Waals surface area contributed by atoms with Gasteiger partial charge in [0.1, 0.15) is 23.0 Å². The second-order valence-electron chi connectivity index (χ2n) is 9.64. The molecule has 0 amide bonds. The molecule has 0 aliphatic carbocycles. The summed E-state index contributed by atoms with van der Waals surface area (Å²) in [4.78, 5) is 13.2. The molecular formula is C39H58B2BrIK2NO9S. The molecule has 1 radical (unpaired) electrons. The molecule has 0 unspecified atom stereocenters. The second kappa shape index (κ2) is 49.6. The second-order valence-corrected chi connectivity index (χ2v) is 10.7. The van der Waals surface area contributed by atoms with Crippen LogP contribution in [0.5, 0.6) is 23.0 Å². The normalized spacial score (nSPS) is 8.20. The zero-order valence-corrected chi connectivity index (χ0v) is 46.0. The average molecular weight is 1020 g/mol. The van der Waals surface area contributed by atoms with Crippen molar-refractivity contribution in [2.75, 3.05) is 26.3 Å². The largest absolute Gasteiger partial charge is 1.00 e. The van der Waals surface area contributed by atoms with Crippen molar-refractivity contribution in [1.29, 1.82) is 0 Å². The predicted octanol–water partition coefficient (Wildman–Crippen LogP) is 1.99. The molecule has 0 aliphatic rings. The summed E-state index contributed by atoms with van der Waals surface area (Å²) in [6.07, 6.45) is 3.83. The maximum Gasteiger partial charge on any atom is 1.00 e. The topological polar surface area (TPSA) is 150 Å². The number of hydrogen-bond donors (Lipinski definition) is 4. The van der Waals surface area contributed by atoms with Crippen LogP contribution in [0.3, 0.4) is 0 Å². The van der Waals surface area contributed by atoms with Gasteiger partial charge in [-0.05, 0) is 113 Å². The van der Waals surface area contributed by atoms with Crippen LogP contribution >= 0.6 is 51.3 Å². The fraction of sp³-hybridized carbons (Fsp3) is 0.359. The molecule has 3 N–H and O–H groups in total. The number of methoxy groups -OCH3 is 3. The minimum Gasteiger partial charge on any atom is -1.00 e. The number of phenols is 1. The van der Waals surface area contributed by atoms with E-state index < -0.39 is 7.12 Å². The number of hydrogen-bond acceptors (Lipinski definition) is 11. The van der Waals surface area contributed by atoms with Crippen molar-refractivity contribution in [3.63, 3.8) is 0 Å². The number of thiol groups is 1. The van der Waals surface area contributed by atoms with Crippen molar-refractivity contribution >= 4 is 78.0 Å².